The molecule has 0 saturated carbocycles. The van der Waals surface area contributed by atoms with Crippen LogP contribution in [0.4, 0.5) is 10.1 Å². The molecule has 1 aliphatic rings. The smallest absolute Gasteiger partial charge is 0.124 e. The minimum Gasteiger partial charge on any atom is -0.379 e. The van der Waals surface area contributed by atoms with Crippen LogP contribution in [-0.4, -0.2) is 13.1 Å². The molecule has 0 unspecified atom stereocenters. The van der Waals surface area contributed by atoms with Gasteiger partial charge in [-0.15, -0.1) is 0 Å². The zero-order valence-corrected chi connectivity index (χ0v) is 13.6. The third-order valence-electron chi connectivity index (χ3n) is 3.95. The van der Waals surface area contributed by atoms with E-state index in [1.54, 1.807) is 6.07 Å². The fourth-order valence-corrected chi connectivity index (χ4v) is 3.26. The zero-order chi connectivity index (χ0) is 15.5. The Kier molecular flexibility index (Phi) is 4.87. The van der Waals surface area contributed by atoms with Gasteiger partial charge in [-0.3, -0.25) is 0 Å². The van der Waals surface area contributed by atoms with Crippen molar-refractivity contribution in [2.24, 2.45) is 0 Å². The Hall–Kier alpha value is -1.29. The van der Waals surface area contributed by atoms with Crippen molar-refractivity contribution in [1.29, 1.82) is 0 Å². The van der Waals surface area contributed by atoms with E-state index in [9.17, 15) is 4.39 Å². The van der Waals surface area contributed by atoms with Gasteiger partial charge in [0.25, 0.3) is 0 Å². The van der Waals surface area contributed by atoms with Gasteiger partial charge >= 0.3 is 0 Å². The van der Waals surface area contributed by atoms with Crippen molar-refractivity contribution in [2.75, 3.05) is 18.4 Å². The fourth-order valence-electron chi connectivity index (χ4n) is 2.78. The van der Waals surface area contributed by atoms with Crippen molar-refractivity contribution < 1.29 is 4.39 Å². The summed E-state index contributed by atoms with van der Waals surface area (Å²) < 4.78 is 13.1. The van der Waals surface area contributed by atoms with E-state index in [-0.39, 0.29) is 5.82 Å². The Balaban J connectivity index is 1.85. The Labute approximate surface area is 139 Å². The minimum absolute atomic E-state index is 0.327. The van der Waals surface area contributed by atoms with Gasteiger partial charge in [0.2, 0.25) is 0 Å². The molecule has 0 aliphatic carbocycles. The number of anilines is 1. The molecule has 116 valence electrons. The number of rotatable bonds is 3. The summed E-state index contributed by atoms with van der Waals surface area (Å²) in [6, 6.07) is 8.47. The van der Waals surface area contributed by atoms with Crippen molar-refractivity contribution in [1.82, 2.24) is 5.32 Å². The highest BCUT2D eigenvalue weighted by atomic mass is 35.5. The number of fused-ring (bicyclic) bond motifs is 1. The molecule has 0 saturated heterocycles. The molecule has 1 aliphatic heterocycles. The van der Waals surface area contributed by atoms with Crippen molar-refractivity contribution in [3.05, 3.63) is 62.9 Å². The number of halogens is 3. The van der Waals surface area contributed by atoms with Crippen LogP contribution >= 0.6 is 23.2 Å². The third kappa shape index (κ3) is 3.37. The second-order valence-electron chi connectivity index (χ2n) is 5.40. The van der Waals surface area contributed by atoms with Crippen molar-refractivity contribution >= 4 is 28.9 Å². The topological polar surface area (TPSA) is 24.1 Å². The van der Waals surface area contributed by atoms with Gasteiger partial charge in [-0.1, -0.05) is 35.3 Å². The third-order valence-corrected chi connectivity index (χ3v) is 4.62. The predicted molar refractivity (Wildman–Crippen MR) is 90.5 cm³/mol. The molecule has 0 fully saturated rings. The molecule has 0 spiro atoms. The van der Waals surface area contributed by atoms with Gasteiger partial charge < -0.3 is 10.6 Å². The Bertz CT molecular complexity index is 689. The van der Waals surface area contributed by atoms with Gasteiger partial charge in [-0.25, -0.2) is 4.39 Å². The summed E-state index contributed by atoms with van der Waals surface area (Å²) in [7, 11) is 0. The summed E-state index contributed by atoms with van der Waals surface area (Å²) in [5, 5.41) is 7.91. The number of hydrogen-bond donors (Lipinski definition) is 2. The van der Waals surface area contributed by atoms with Crippen LogP contribution in [0.2, 0.25) is 10.0 Å². The maximum absolute atomic E-state index is 13.1. The lowest BCUT2D eigenvalue weighted by Gasteiger charge is -2.16. The van der Waals surface area contributed by atoms with Gasteiger partial charge in [0.05, 0.1) is 10.7 Å². The highest BCUT2D eigenvalue weighted by Crippen LogP contribution is 2.31. The summed E-state index contributed by atoms with van der Waals surface area (Å²) >= 11 is 12.5. The lowest BCUT2D eigenvalue weighted by Crippen LogP contribution is -2.16. The lowest BCUT2D eigenvalue weighted by atomic mass is 10.0. The molecular formula is C17H17Cl2FN2. The molecule has 2 N–H and O–H groups in total. The molecule has 1 heterocycles. The molecule has 0 amide bonds. The zero-order valence-electron chi connectivity index (χ0n) is 12.1. The first-order valence-corrected chi connectivity index (χ1v) is 8.09. The van der Waals surface area contributed by atoms with E-state index < -0.39 is 0 Å². The highest BCUT2D eigenvalue weighted by molar-refractivity contribution is 6.33. The molecule has 3 rings (SSSR count). The summed E-state index contributed by atoms with van der Waals surface area (Å²) in [5.41, 5.74) is 4.39. The number of benzene rings is 2. The van der Waals surface area contributed by atoms with Crippen LogP contribution in [-0.2, 0) is 19.4 Å². The maximum Gasteiger partial charge on any atom is 0.124 e. The van der Waals surface area contributed by atoms with Gasteiger partial charge in [0, 0.05) is 11.6 Å². The molecule has 0 radical (unpaired) electrons. The van der Waals surface area contributed by atoms with Crippen LogP contribution in [0.3, 0.4) is 0 Å². The molecule has 2 aromatic carbocycles. The van der Waals surface area contributed by atoms with Crippen LogP contribution in [0.5, 0.6) is 0 Å². The molecule has 0 atom stereocenters. The molecule has 0 bridgehead atoms. The number of nitrogens with one attached hydrogen (secondary N) is 2. The average molecular weight is 339 g/mol. The summed E-state index contributed by atoms with van der Waals surface area (Å²) in [5.74, 6) is -0.327. The van der Waals surface area contributed by atoms with Crippen molar-refractivity contribution in [3.63, 3.8) is 0 Å². The standard InChI is InChI=1S/C17H17Cl2FN2/c18-15-4-2-11-5-7-21-8-6-14(11)17(15)22-10-12-1-3-13(20)9-16(12)19/h1-4,9,21-22H,5-8,10H2. The molecule has 2 nitrogen and oxygen atoms in total. The van der Waals surface area contributed by atoms with Gasteiger partial charge in [-0.05, 0) is 60.8 Å². The van der Waals surface area contributed by atoms with E-state index >= 15 is 0 Å². The van der Waals surface area contributed by atoms with Crippen LogP contribution in [0.25, 0.3) is 0 Å². The minimum atomic E-state index is -0.327. The summed E-state index contributed by atoms with van der Waals surface area (Å²) in [6.07, 6.45) is 1.94. The van der Waals surface area contributed by atoms with Gasteiger partial charge in [-0.2, -0.15) is 0 Å². The molecular weight excluding hydrogens is 322 g/mol. The molecule has 22 heavy (non-hydrogen) atoms. The van der Waals surface area contributed by atoms with E-state index in [0.29, 0.717) is 16.6 Å². The highest BCUT2D eigenvalue weighted by Gasteiger charge is 2.15. The second-order valence-corrected chi connectivity index (χ2v) is 6.21. The van der Waals surface area contributed by atoms with E-state index in [0.717, 1.165) is 37.2 Å². The summed E-state index contributed by atoms with van der Waals surface area (Å²) in [6.45, 7) is 2.44. The first-order valence-electron chi connectivity index (χ1n) is 7.34. The molecule has 2 aromatic rings. The van der Waals surface area contributed by atoms with Gasteiger partial charge in [0.1, 0.15) is 5.82 Å². The molecule has 0 aromatic heterocycles. The number of hydrogen-bond acceptors (Lipinski definition) is 2. The predicted octanol–water partition coefficient (Wildman–Crippen LogP) is 4.43. The van der Waals surface area contributed by atoms with Crippen LogP contribution in [0.1, 0.15) is 16.7 Å². The quantitative estimate of drug-likeness (QED) is 0.864. The monoisotopic (exact) mass is 338 g/mol. The van der Waals surface area contributed by atoms with E-state index in [1.807, 2.05) is 6.07 Å². The Morgan fingerprint density at radius 3 is 2.68 bits per heavy atom. The first-order chi connectivity index (χ1) is 10.6. The SMILES string of the molecule is Fc1ccc(CNc2c(Cl)ccc3c2CCNCC3)c(Cl)c1. The van der Waals surface area contributed by atoms with Crippen LogP contribution in [0, 0.1) is 5.82 Å². The second kappa shape index (κ2) is 6.86. The van der Waals surface area contributed by atoms with E-state index in [4.69, 9.17) is 23.2 Å². The average Bonchev–Trinajstić information content (AvgIpc) is 2.73. The molecule has 5 heteroatoms. The van der Waals surface area contributed by atoms with Gasteiger partial charge in [0.15, 0.2) is 0 Å². The van der Waals surface area contributed by atoms with Crippen LogP contribution < -0.4 is 10.6 Å². The van der Waals surface area contributed by atoms with E-state index in [1.165, 1.54) is 23.3 Å². The normalized spacial score (nSPS) is 14.3. The van der Waals surface area contributed by atoms with Crippen molar-refractivity contribution in [2.45, 2.75) is 19.4 Å². The maximum atomic E-state index is 13.1. The Morgan fingerprint density at radius 1 is 1.05 bits per heavy atom. The summed E-state index contributed by atoms with van der Waals surface area (Å²) in [4.78, 5) is 0. The Morgan fingerprint density at radius 2 is 1.86 bits per heavy atom. The van der Waals surface area contributed by atoms with E-state index in [2.05, 4.69) is 16.7 Å². The largest absolute Gasteiger partial charge is 0.379 e. The fraction of sp³-hybridized carbons (Fsp3) is 0.294. The lowest BCUT2D eigenvalue weighted by molar-refractivity contribution is 0.627. The van der Waals surface area contributed by atoms with Crippen molar-refractivity contribution in [3.8, 4) is 0 Å². The first kappa shape index (κ1) is 15.6. The van der Waals surface area contributed by atoms with Crippen LogP contribution in [0.15, 0.2) is 30.3 Å².